The Morgan fingerprint density at radius 3 is 2.89 bits per heavy atom. The predicted octanol–water partition coefficient (Wildman–Crippen LogP) is 1.53. The van der Waals surface area contributed by atoms with E-state index in [1.165, 1.54) is 11.3 Å². The molecular formula is C12H16N2O4S. The highest BCUT2D eigenvalue weighted by Gasteiger charge is 2.18. The minimum atomic E-state index is -0.926. The van der Waals surface area contributed by atoms with Crippen molar-refractivity contribution in [1.82, 2.24) is 4.98 Å². The standard InChI is InChI=1S/C12H16N2O4S/c15-10(5-8-1-3-18-4-2-8)14-12-13-9(7-19-12)6-11(16)17/h7-8H,1-6H2,(H,16,17)(H,13,14,15). The zero-order chi connectivity index (χ0) is 13.7. The lowest BCUT2D eigenvalue weighted by molar-refractivity contribution is -0.136. The average Bonchev–Trinajstić information content (AvgIpc) is 2.76. The third kappa shape index (κ3) is 4.60. The van der Waals surface area contributed by atoms with Gasteiger partial charge in [-0.1, -0.05) is 0 Å². The number of rotatable bonds is 5. The Labute approximate surface area is 114 Å². The maximum Gasteiger partial charge on any atom is 0.309 e. The molecule has 2 heterocycles. The Morgan fingerprint density at radius 1 is 1.47 bits per heavy atom. The number of aliphatic carboxylic acids is 1. The Hall–Kier alpha value is -1.47. The molecule has 1 aromatic heterocycles. The number of carbonyl (C=O) groups is 2. The van der Waals surface area contributed by atoms with Gasteiger partial charge in [0.15, 0.2) is 5.13 Å². The number of thiazole rings is 1. The van der Waals surface area contributed by atoms with E-state index in [9.17, 15) is 9.59 Å². The van der Waals surface area contributed by atoms with Crippen LogP contribution in [0.1, 0.15) is 25.0 Å². The van der Waals surface area contributed by atoms with Crippen LogP contribution in [0.3, 0.4) is 0 Å². The number of carboxylic acid groups (broad SMARTS) is 1. The lowest BCUT2D eigenvalue weighted by atomic mass is 9.96. The fourth-order valence-electron chi connectivity index (χ4n) is 1.98. The first-order valence-corrected chi connectivity index (χ1v) is 7.05. The van der Waals surface area contributed by atoms with Crippen LogP contribution >= 0.6 is 11.3 Å². The number of aromatic nitrogens is 1. The lowest BCUT2D eigenvalue weighted by Crippen LogP contribution is -2.22. The molecule has 2 N–H and O–H groups in total. The van der Waals surface area contributed by atoms with Crippen molar-refractivity contribution in [2.24, 2.45) is 5.92 Å². The van der Waals surface area contributed by atoms with Gasteiger partial charge in [-0.25, -0.2) is 4.98 Å². The van der Waals surface area contributed by atoms with Crippen molar-refractivity contribution < 1.29 is 19.4 Å². The van der Waals surface area contributed by atoms with Crippen molar-refractivity contribution in [2.75, 3.05) is 18.5 Å². The van der Waals surface area contributed by atoms with E-state index in [0.717, 1.165) is 26.1 Å². The smallest absolute Gasteiger partial charge is 0.309 e. The Kier molecular flexibility index (Phi) is 4.86. The second kappa shape index (κ2) is 6.63. The fourth-order valence-corrected chi connectivity index (χ4v) is 2.71. The van der Waals surface area contributed by atoms with Gasteiger partial charge in [-0.3, -0.25) is 9.59 Å². The third-order valence-corrected chi connectivity index (χ3v) is 3.75. The van der Waals surface area contributed by atoms with Gasteiger partial charge in [-0.05, 0) is 18.8 Å². The largest absolute Gasteiger partial charge is 0.481 e. The molecule has 0 saturated carbocycles. The van der Waals surface area contributed by atoms with E-state index in [1.54, 1.807) is 5.38 Å². The monoisotopic (exact) mass is 284 g/mol. The highest BCUT2D eigenvalue weighted by Crippen LogP contribution is 2.21. The van der Waals surface area contributed by atoms with Gasteiger partial charge >= 0.3 is 5.97 Å². The minimum absolute atomic E-state index is 0.0666. The number of hydrogen-bond donors (Lipinski definition) is 2. The Balaban J connectivity index is 1.81. The van der Waals surface area contributed by atoms with Crippen LogP contribution in [-0.2, 0) is 20.7 Å². The molecular weight excluding hydrogens is 268 g/mol. The van der Waals surface area contributed by atoms with Gasteiger partial charge in [-0.15, -0.1) is 11.3 Å². The summed E-state index contributed by atoms with van der Waals surface area (Å²) in [5.74, 6) is -0.624. The topological polar surface area (TPSA) is 88.5 Å². The van der Waals surface area contributed by atoms with Gasteiger partial charge in [-0.2, -0.15) is 0 Å². The molecule has 7 heteroatoms. The summed E-state index contributed by atoms with van der Waals surface area (Å²) in [6, 6.07) is 0. The zero-order valence-electron chi connectivity index (χ0n) is 10.4. The molecule has 1 fully saturated rings. The Morgan fingerprint density at radius 2 is 2.21 bits per heavy atom. The fraction of sp³-hybridized carbons (Fsp3) is 0.583. The number of hydrogen-bond acceptors (Lipinski definition) is 5. The first-order chi connectivity index (χ1) is 9.13. The molecule has 0 spiro atoms. The number of carbonyl (C=O) groups excluding carboxylic acids is 1. The van der Waals surface area contributed by atoms with Crippen molar-refractivity contribution in [3.8, 4) is 0 Å². The number of carboxylic acids is 1. The first kappa shape index (κ1) is 14.0. The number of amides is 1. The molecule has 2 rings (SSSR count). The van der Waals surface area contributed by atoms with Crippen LogP contribution in [0.5, 0.6) is 0 Å². The predicted molar refractivity (Wildman–Crippen MR) is 70.2 cm³/mol. The molecule has 0 aromatic carbocycles. The summed E-state index contributed by atoms with van der Waals surface area (Å²) in [5.41, 5.74) is 0.471. The Bertz CT molecular complexity index is 454. The molecule has 6 nitrogen and oxygen atoms in total. The van der Waals surface area contributed by atoms with Crippen LogP contribution in [0.4, 0.5) is 5.13 Å². The van der Waals surface area contributed by atoms with Crippen LogP contribution in [-0.4, -0.2) is 35.2 Å². The molecule has 1 aromatic rings. The highest BCUT2D eigenvalue weighted by atomic mass is 32.1. The van der Waals surface area contributed by atoms with E-state index >= 15 is 0 Å². The van der Waals surface area contributed by atoms with Gasteiger partial charge in [0.25, 0.3) is 0 Å². The number of anilines is 1. The minimum Gasteiger partial charge on any atom is -0.481 e. The van der Waals surface area contributed by atoms with Gasteiger partial charge in [0, 0.05) is 25.0 Å². The van der Waals surface area contributed by atoms with E-state index in [2.05, 4.69) is 10.3 Å². The maximum atomic E-state index is 11.8. The van der Waals surface area contributed by atoms with E-state index < -0.39 is 5.97 Å². The summed E-state index contributed by atoms with van der Waals surface area (Å²) in [7, 11) is 0. The summed E-state index contributed by atoms with van der Waals surface area (Å²) in [6.07, 6.45) is 2.18. The molecule has 0 radical (unpaired) electrons. The first-order valence-electron chi connectivity index (χ1n) is 6.17. The second-order valence-corrected chi connectivity index (χ2v) is 5.38. The van der Waals surface area contributed by atoms with E-state index in [1.807, 2.05) is 0 Å². The zero-order valence-corrected chi connectivity index (χ0v) is 11.2. The van der Waals surface area contributed by atoms with E-state index in [4.69, 9.17) is 9.84 Å². The summed E-state index contributed by atoms with van der Waals surface area (Å²) >= 11 is 1.25. The number of nitrogens with one attached hydrogen (secondary N) is 1. The van der Waals surface area contributed by atoms with Crippen molar-refractivity contribution in [2.45, 2.75) is 25.7 Å². The van der Waals surface area contributed by atoms with Crippen LogP contribution in [0, 0.1) is 5.92 Å². The molecule has 0 atom stereocenters. The maximum absolute atomic E-state index is 11.8. The lowest BCUT2D eigenvalue weighted by Gasteiger charge is -2.20. The summed E-state index contributed by atoms with van der Waals surface area (Å²) < 4.78 is 5.24. The van der Waals surface area contributed by atoms with Crippen LogP contribution in [0.15, 0.2) is 5.38 Å². The average molecular weight is 284 g/mol. The molecule has 0 unspecified atom stereocenters. The molecule has 19 heavy (non-hydrogen) atoms. The van der Waals surface area contributed by atoms with Crippen molar-refractivity contribution >= 4 is 28.3 Å². The second-order valence-electron chi connectivity index (χ2n) is 4.52. The molecule has 1 aliphatic heterocycles. The van der Waals surface area contributed by atoms with Crippen LogP contribution < -0.4 is 5.32 Å². The summed E-state index contributed by atoms with van der Waals surface area (Å²) in [5, 5.41) is 13.5. The van der Waals surface area contributed by atoms with Gasteiger partial charge in [0.1, 0.15) is 0 Å². The van der Waals surface area contributed by atoms with Crippen molar-refractivity contribution in [3.05, 3.63) is 11.1 Å². The number of ether oxygens (including phenoxy) is 1. The van der Waals surface area contributed by atoms with Crippen LogP contribution in [0.2, 0.25) is 0 Å². The third-order valence-electron chi connectivity index (χ3n) is 2.95. The quantitative estimate of drug-likeness (QED) is 0.856. The summed E-state index contributed by atoms with van der Waals surface area (Å²) in [6.45, 7) is 1.44. The van der Waals surface area contributed by atoms with Crippen LogP contribution in [0.25, 0.3) is 0 Å². The molecule has 1 aliphatic rings. The highest BCUT2D eigenvalue weighted by molar-refractivity contribution is 7.13. The van der Waals surface area contributed by atoms with Crippen molar-refractivity contribution in [3.63, 3.8) is 0 Å². The molecule has 0 aliphatic carbocycles. The van der Waals surface area contributed by atoms with E-state index in [0.29, 0.717) is 23.2 Å². The summed E-state index contributed by atoms with van der Waals surface area (Å²) in [4.78, 5) is 26.4. The van der Waals surface area contributed by atoms with Gasteiger partial charge < -0.3 is 15.2 Å². The normalized spacial score (nSPS) is 16.2. The molecule has 1 saturated heterocycles. The molecule has 104 valence electrons. The SMILES string of the molecule is O=C(O)Cc1csc(NC(=O)CC2CCOCC2)n1. The van der Waals surface area contributed by atoms with Gasteiger partial charge in [0.05, 0.1) is 12.1 Å². The molecule has 1 amide bonds. The van der Waals surface area contributed by atoms with Crippen molar-refractivity contribution in [1.29, 1.82) is 0 Å². The van der Waals surface area contributed by atoms with E-state index in [-0.39, 0.29) is 12.3 Å². The van der Waals surface area contributed by atoms with Gasteiger partial charge in [0.2, 0.25) is 5.91 Å². The number of nitrogens with zero attached hydrogens (tertiary/aromatic N) is 1. The molecule has 0 bridgehead atoms.